The van der Waals surface area contributed by atoms with Gasteiger partial charge in [-0.3, -0.25) is 4.79 Å². The third-order valence-electron chi connectivity index (χ3n) is 3.28. The van der Waals surface area contributed by atoms with Gasteiger partial charge in [0.05, 0.1) is 0 Å². The van der Waals surface area contributed by atoms with Crippen molar-refractivity contribution in [3.05, 3.63) is 28.2 Å². The highest BCUT2D eigenvalue weighted by Crippen LogP contribution is 2.25. The van der Waals surface area contributed by atoms with Gasteiger partial charge in [0, 0.05) is 16.6 Å². The van der Waals surface area contributed by atoms with E-state index in [2.05, 4.69) is 26.0 Å². The van der Waals surface area contributed by atoms with Gasteiger partial charge in [0.2, 0.25) is 5.91 Å². The predicted molar refractivity (Wildman–Crippen MR) is 78.2 cm³/mol. The van der Waals surface area contributed by atoms with Crippen LogP contribution in [0.3, 0.4) is 0 Å². The van der Waals surface area contributed by atoms with Gasteiger partial charge in [-0.1, -0.05) is 15.9 Å². The number of carbonyl (C=O) groups is 2. The average molecular weight is 394 g/mol. The zero-order valence-corrected chi connectivity index (χ0v) is 13.4. The van der Waals surface area contributed by atoms with Crippen LogP contribution in [0.5, 0.6) is 5.75 Å². The fraction of sp³-hybridized carbons (Fsp3) is 0.429. The number of aliphatic carboxylic acids is 1. The Kier molecular flexibility index (Phi) is 5.89. The Morgan fingerprint density at radius 3 is 2.70 bits per heavy atom. The SMILES string of the molecule is O=C(NCc1cc(Br)ccc1OC(F)F)[C@@H]1CC[C@H](C(=O)O)O1. The van der Waals surface area contributed by atoms with Crippen molar-refractivity contribution in [3.63, 3.8) is 0 Å². The van der Waals surface area contributed by atoms with E-state index in [0.29, 0.717) is 16.5 Å². The molecule has 1 aromatic rings. The fourth-order valence-corrected chi connectivity index (χ4v) is 2.61. The molecule has 0 saturated carbocycles. The van der Waals surface area contributed by atoms with Crippen LogP contribution >= 0.6 is 15.9 Å². The average Bonchev–Trinajstić information content (AvgIpc) is 2.97. The van der Waals surface area contributed by atoms with Gasteiger partial charge >= 0.3 is 12.6 Å². The second-order valence-electron chi connectivity index (χ2n) is 4.88. The Balaban J connectivity index is 1.96. The number of ether oxygens (including phenoxy) is 2. The van der Waals surface area contributed by atoms with Crippen LogP contribution in [0.25, 0.3) is 0 Å². The summed E-state index contributed by atoms with van der Waals surface area (Å²) in [5, 5.41) is 11.4. The summed E-state index contributed by atoms with van der Waals surface area (Å²) in [5.74, 6) is -1.64. The Bertz CT molecular complexity index is 599. The van der Waals surface area contributed by atoms with Gasteiger partial charge in [-0.15, -0.1) is 0 Å². The summed E-state index contributed by atoms with van der Waals surface area (Å²) in [7, 11) is 0. The molecule has 1 fully saturated rings. The van der Waals surface area contributed by atoms with Crippen LogP contribution in [0.1, 0.15) is 18.4 Å². The molecule has 1 aromatic carbocycles. The zero-order chi connectivity index (χ0) is 17.0. The lowest BCUT2D eigenvalue weighted by molar-refractivity contribution is -0.151. The molecule has 6 nitrogen and oxygen atoms in total. The van der Waals surface area contributed by atoms with E-state index in [1.807, 2.05) is 0 Å². The number of carboxylic acids is 1. The molecular formula is C14H14BrF2NO5. The number of rotatable bonds is 6. The second-order valence-corrected chi connectivity index (χ2v) is 5.79. The van der Waals surface area contributed by atoms with Gasteiger partial charge in [-0.05, 0) is 31.0 Å². The number of halogens is 3. The first-order valence-corrected chi connectivity index (χ1v) is 7.55. The van der Waals surface area contributed by atoms with Crippen LogP contribution in [-0.4, -0.2) is 35.8 Å². The van der Waals surface area contributed by atoms with Crippen LogP contribution in [0.4, 0.5) is 8.78 Å². The van der Waals surface area contributed by atoms with Gasteiger partial charge in [0.25, 0.3) is 0 Å². The Labute approximate surface area is 138 Å². The molecule has 1 saturated heterocycles. The van der Waals surface area contributed by atoms with E-state index < -0.39 is 30.7 Å². The molecule has 1 aliphatic heterocycles. The second kappa shape index (κ2) is 7.69. The van der Waals surface area contributed by atoms with Crippen molar-refractivity contribution >= 4 is 27.8 Å². The number of carbonyl (C=O) groups excluding carboxylic acids is 1. The molecule has 0 radical (unpaired) electrons. The number of alkyl halides is 2. The molecule has 2 atom stereocenters. The standard InChI is InChI=1S/C14H14BrF2NO5/c15-8-1-2-9(23-14(16)17)7(5-8)6-18-12(19)10-3-4-11(22-10)13(20)21/h1-2,5,10-11,14H,3-4,6H2,(H,18,19)(H,20,21)/t10-,11+/m0/s1. The predicted octanol–water partition coefficient (Wildman–Crippen LogP) is 2.30. The highest BCUT2D eigenvalue weighted by molar-refractivity contribution is 9.10. The molecule has 0 unspecified atom stereocenters. The van der Waals surface area contributed by atoms with Gasteiger partial charge in [0.1, 0.15) is 11.9 Å². The van der Waals surface area contributed by atoms with Gasteiger partial charge in [-0.2, -0.15) is 8.78 Å². The number of hydrogen-bond donors (Lipinski definition) is 2. The maximum Gasteiger partial charge on any atom is 0.387 e. The van der Waals surface area contributed by atoms with Crippen LogP contribution in [-0.2, 0) is 20.9 Å². The zero-order valence-electron chi connectivity index (χ0n) is 11.8. The molecule has 0 aliphatic carbocycles. The number of carboxylic acid groups (broad SMARTS) is 1. The van der Waals surface area contributed by atoms with Crippen LogP contribution in [0.2, 0.25) is 0 Å². The van der Waals surface area contributed by atoms with E-state index in [-0.39, 0.29) is 18.7 Å². The summed E-state index contributed by atoms with van der Waals surface area (Å²) in [6, 6.07) is 4.46. The fourth-order valence-electron chi connectivity index (χ4n) is 2.20. The van der Waals surface area contributed by atoms with Crippen LogP contribution < -0.4 is 10.1 Å². The number of amides is 1. The topological polar surface area (TPSA) is 84.9 Å². The smallest absolute Gasteiger partial charge is 0.387 e. The largest absolute Gasteiger partial charge is 0.479 e. The summed E-state index contributed by atoms with van der Waals surface area (Å²) in [6.45, 7) is -3.02. The summed E-state index contributed by atoms with van der Waals surface area (Å²) >= 11 is 3.21. The minimum absolute atomic E-state index is 0.0424. The molecule has 23 heavy (non-hydrogen) atoms. The highest BCUT2D eigenvalue weighted by Gasteiger charge is 2.34. The van der Waals surface area contributed by atoms with Crippen LogP contribution in [0.15, 0.2) is 22.7 Å². The molecule has 9 heteroatoms. The number of hydrogen-bond acceptors (Lipinski definition) is 4. The van der Waals surface area contributed by atoms with Gasteiger partial charge in [-0.25, -0.2) is 4.79 Å². The number of benzene rings is 1. The van der Waals surface area contributed by atoms with E-state index >= 15 is 0 Å². The summed E-state index contributed by atoms with van der Waals surface area (Å²) < 4.78 is 34.9. The molecule has 0 bridgehead atoms. The van der Waals surface area contributed by atoms with Crippen molar-refractivity contribution in [3.8, 4) is 5.75 Å². The van der Waals surface area contributed by atoms with Crippen molar-refractivity contribution in [1.29, 1.82) is 0 Å². The Morgan fingerprint density at radius 2 is 2.09 bits per heavy atom. The van der Waals surface area contributed by atoms with E-state index in [4.69, 9.17) is 9.84 Å². The quantitative estimate of drug-likeness (QED) is 0.774. The van der Waals surface area contributed by atoms with Gasteiger partial charge < -0.3 is 19.9 Å². The molecule has 2 rings (SSSR count). The van der Waals surface area contributed by atoms with Crippen molar-refractivity contribution in [2.24, 2.45) is 0 Å². The van der Waals surface area contributed by atoms with Crippen molar-refractivity contribution < 1.29 is 33.0 Å². The minimum Gasteiger partial charge on any atom is -0.479 e. The molecule has 126 valence electrons. The number of nitrogens with one attached hydrogen (secondary N) is 1. The summed E-state index contributed by atoms with van der Waals surface area (Å²) in [5.41, 5.74) is 0.362. The Hall–Kier alpha value is -1.74. The van der Waals surface area contributed by atoms with Crippen LogP contribution in [0, 0.1) is 0 Å². The van der Waals surface area contributed by atoms with Crippen molar-refractivity contribution in [2.75, 3.05) is 0 Å². The first kappa shape index (κ1) is 17.6. The third kappa shape index (κ3) is 4.87. The monoisotopic (exact) mass is 393 g/mol. The van der Waals surface area contributed by atoms with E-state index in [9.17, 15) is 18.4 Å². The van der Waals surface area contributed by atoms with E-state index in [0.717, 1.165) is 0 Å². The molecule has 0 spiro atoms. The van der Waals surface area contributed by atoms with Crippen molar-refractivity contribution in [1.82, 2.24) is 5.32 Å². The molecule has 1 heterocycles. The molecule has 0 aromatic heterocycles. The molecule has 1 aliphatic rings. The molecular weight excluding hydrogens is 380 g/mol. The van der Waals surface area contributed by atoms with Gasteiger partial charge in [0.15, 0.2) is 6.10 Å². The lowest BCUT2D eigenvalue weighted by Gasteiger charge is -2.14. The first-order valence-electron chi connectivity index (χ1n) is 6.76. The Morgan fingerprint density at radius 1 is 1.39 bits per heavy atom. The van der Waals surface area contributed by atoms with E-state index in [1.54, 1.807) is 12.1 Å². The maximum atomic E-state index is 12.4. The normalized spacial score (nSPS) is 20.5. The lowest BCUT2D eigenvalue weighted by atomic mass is 10.1. The molecule has 2 N–H and O–H groups in total. The third-order valence-corrected chi connectivity index (χ3v) is 3.77. The van der Waals surface area contributed by atoms with E-state index in [1.165, 1.54) is 6.07 Å². The summed E-state index contributed by atoms with van der Waals surface area (Å²) in [4.78, 5) is 22.8. The first-order chi connectivity index (χ1) is 10.9. The molecule has 1 amide bonds. The highest BCUT2D eigenvalue weighted by atomic mass is 79.9. The summed E-state index contributed by atoms with van der Waals surface area (Å²) in [6.07, 6.45) is -1.30. The maximum absolute atomic E-state index is 12.4. The van der Waals surface area contributed by atoms with Crippen molar-refractivity contribution in [2.45, 2.75) is 38.2 Å². The minimum atomic E-state index is -2.97. The lowest BCUT2D eigenvalue weighted by Crippen LogP contribution is -2.35.